The Balaban J connectivity index is 1.80. The van der Waals surface area contributed by atoms with Gasteiger partial charge in [0.15, 0.2) is 6.61 Å². The number of likely N-dealkylation sites (N-methyl/N-ethyl adjacent to an activating group) is 1. The minimum Gasteiger partial charge on any atom is -0.508 e. The molecule has 2 aromatic rings. The van der Waals surface area contributed by atoms with Gasteiger partial charge in [-0.05, 0) is 35.9 Å². The molecule has 8 nitrogen and oxygen atoms in total. The van der Waals surface area contributed by atoms with E-state index in [1.54, 1.807) is 24.3 Å². The van der Waals surface area contributed by atoms with Gasteiger partial charge in [0.2, 0.25) is 5.91 Å². The number of benzene rings is 2. The van der Waals surface area contributed by atoms with Crippen molar-refractivity contribution in [3.8, 4) is 11.5 Å². The van der Waals surface area contributed by atoms with Crippen LogP contribution in [-0.2, 0) is 25.5 Å². The van der Waals surface area contributed by atoms with E-state index in [2.05, 4.69) is 5.32 Å². The van der Waals surface area contributed by atoms with Crippen molar-refractivity contribution in [3.63, 3.8) is 0 Å². The second kappa shape index (κ2) is 10.3. The minimum absolute atomic E-state index is 0.0354. The van der Waals surface area contributed by atoms with Gasteiger partial charge in [0, 0.05) is 12.1 Å². The smallest absolute Gasteiger partial charge is 0.310 e. The quantitative estimate of drug-likeness (QED) is 0.634. The van der Waals surface area contributed by atoms with Gasteiger partial charge in [0.1, 0.15) is 11.5 Å². The first-order chi connectivity index (χ1) is 13.8. The maximum atomic E-state index is 12.2. The highest BCUT2D eigenvalue weighted by Gasteiger charge is 2.16. The Morgan fingerprint density at radius 3 is 2.48 bits per heavy atom. The van der Waals surface area contributed by atoms with E-state index in [1.807, 2.05) is 0 Å². The van der Waals surface area contributed by atoms with Crippen LogP contribution >= 0.6 is 11.6 Å². The maximum absolute atomic E-state index is 12.2. The number of aromatic hydroxyl groups is 1. The summed E-state index contributed by atoms with van der Waals surface area (Å²) in [6.07, 6.45) is -0.0354. The first-order valence-electron chi connectivity index (χ1n) is 8.59. The molecule has 2 N–H and O–H groups in total. The fourth-order valence-electron chi connectivity index (χ4n) is 2.36. The van der Waals surface area contributed by atoms with Crippen LogP contribution in [0.3, 0.4) is 0 Å². The van der Waals surface area contributed by atoms with Crippen molar-refractivity contribution in [1.29, 1.82) is 0 Å². The van der Waals surface area contributed by atoms with Crippen LogP contribution in [0.4, 0.5) is 5.69 Å². The lowest BCUT2D eigenvalue weighted by Gasteiger charge is -2.17. The number of phenols is 1. The van der Waals surface area contributed by atoms with Crippen LogP contribution in [0.5, 0.6) is 11.5 Å². The molecule has 0 saturated carbocycles. The maximum Gasteiger partial charge on any atom is 0.310 e. The number of rotatable bonds is 8. The molecular weight excluding hydrogens is 400 g/mol. The standard InChI is InChI=1S/C20H21ClN2O6/c1-23(11-18(25)22-16-10-14(21)5-8-17(16)28-2)19(26)12-29-20(27)9-13-3-6-15(24)7-4-13/h3-8,10,24H,9,11-12H2,1-2H3,(H,22,25). The summed E-state index contributed by atoms with van der Waals surface area (Å²) in [5.41, 5.74) is 1.02. The molecule has 0 aliphatic carbocycles. The van der Waals surface area contributed by atoms with Gasteiger partial charge in [-0.1, -0.05) is 23.7 Å². The van der Waals surface area contributed by atoms with Gasteiger partial charge in [-0.2, -0.15) is 0 Å². The molecule has 0 aliphatic rings. The van der Waals surface area contributed by atoms with Gasteiger partial charge in [-0.15, -0.1) is 0 Å². The minimum atomic E-state index is -0.592. The number of esters is 1. The molecule has 0 fully saturated rings. The Morgan fingerprint density at radius 2 is 1.83 bits per heavy atom. The average Bonchev–Trinajstić information content (AvgIpc) is 2.68. The van der Waals surface area contributed by atoms with Crippen LogP contribution in [0.2, 0.25) is 5.02 Å². The number of halogens is 1. The zero-order valence-electron chi connectivity index (χ0n) is 16.0. The topological polar surface area (TPSA) is 105 Å². The van der Waals surface area contributed by atoms with Gasteiger partial charge in [-0.25, -0.2) is 0 Å². The molecule has 29 heavy (non-hydrogen) atoms. The van der Waals surface area contributed by atoms with Gasteiger partial charge in [-0.3, -0.25) is 14.4 Å². The predicted octanol–water partition coefficient (Wildman–Crippen LogP) is 2.24. The first-order valence-corrected chi connectivity index (χ1v) is 8.97. The second-order valence-corrected chi connectivity index (χ2v) is 6.58. The van der Waals surface area contributed by atoms with Crippen molar-refractivity contribution in [2.75, 3.05) is 32.6 Å². The van der Waals surface area contributed by atoms with E-state index in [0.29, 0.717) is 22.0 Å². The molecule has 0 saturated heterocycles. The Kier molecular flexibility index (Phi) is 7.85. The van der Waals surface area contributed by atoms with Crippen molar-refractivity contribution in [2.45, 2.75) is 6.42 Å². The average molecular weight is 421 g/mol. The van der Waals surface area contributed by atoms with Crippen molar-refractivity contribution in [2.24, 2.45) is 0 Å². The Bertz CT molecular complexity index is 885. The largest absolute Gasteiger partial charge is 0.508 e. The summed E-state index contributed by atoms with van der Waals surface area (Å²) in [4.78, 5) is 37.2. The highest BCUT2D eigenvalue weighted by atomic mass is 35.5. The summed E-state index contributed by atoms with van der Waals surface area (Å²) >= 11 is 5.92. The molecule has 2 amide bonds. The van der Waals surface area contributed by atoms with Crippen molar-refractivity contribution in [3.05, 3.63) is 53.1 Å². The van der Waals surface area contributed by atoms with Crippen LogP contribution in [0.15, 0.2) is 42.5 Å². The lowest BCUT2D eigenvalue weighted by Crippen LogP contribution is -2.37. The normalized spacial score (nSPS) is 10.2. The molecule has 0 aliphatic heterocycles. The van der Waals surface area contributed by atoms with Gasteiger partial charge in [0.25, 0.3) is 5.91 Å². The predicted molar refractivity (Wildman–Crippen MR) is 107 cm³/mol. The third-order valence-electron chi connectivity index (χ3n) is 3.88. The van der Waals surface area contributed by atoms with Crippen LogP contribution in [0.25, 0.3) is 0 Å². The van der Waals surface area contributed by atoms with E-state index in [4.69, 9.17) is 21.1 Å². The van der Waals surface area contributed by atoms with Gasteiger partial charge in [0.05, 0.1) is 25.8 Å². The van der Waals surface area contributed by atoms with E-state index in [0.717, 1.165) is 4.90 Å². The molecule has 0 radical (unpaired) electrons. The molecule has 0 aromatic heterocycles. The second-order valence-electron chi connectivity index (χ2n) is 6.15. The number of amides is 2. The molecular formula is C20H21ClN2O6. The van der Waals surface area contributed by atoms with Crippen LogP contribution in [0.1, 0.15) is 5.56 Å². The van der Waals surface area contributed by atoms with Crippen molar-refractivity contribution < 1.29 is 29.0 Å². The van der Waals surface area contributed by atoms with Crippen LogP contribution in [0, 0.1) is 0 Å². The summed E-state index contributed by atoms with van der Waals surface area (Å²) in [5.74, 6) is -1.06. The fraction of sp³-hybridized carbons (Fsp3) is 0.250. The van der Waals surface area contributed by atoms with Crippen molar-refractivity contribution in [1.82, 2.24) is 4.90 Å². The lowest BCUT2D eigenvalue weighted by molar-refractivity contribution is -0.151. The number of phenolic OH excluding ortho intramolecular Hbond substituents is 1. The number of hydrogen-bond donors (Lipinski definition) is 2. The molecule has 0 spiro atoms. The number of methoxy groups -OCH3 is 1. The van der Waals surface area contributed by atoms with E-state index in [9.17, 15) is 19.5 Å². The fourth-order valence-corrected chi connectivity index (χ4v) is 2.53. The molecule has 0 unspecified atom stereocenters. The summed E-state index contributed by atoms with van der Waals surface area (Å²) in [7, 11) is 2.88. The zero-order chi connectivity index (χ0) is 21.4. The summed E-state index contributed by atoms with van der Waals surface area (Å²) < 4.78 is 10.1. The number of ether oxygens (including phenoxy) is 2. The van der Waals surface area contributed by atoms with Crippen LogP contribution < -0.4 is 10.1 Å². The van der Waals surface area contributed by atoms with Crippen LogP contribution in [-0.4, -0.2) is 55.1 Å². The third-order valence-corrected chi connectivity index (χ3v) is 4.12. The molecule has 0 bridgehead atoms. The molecule has 2 rings (SSSR count). The number of nitrogens with zero attached hydrogens (tertiary/aromatic N) is 1. The molecule has 2 aromatic carbocycles. The van der Waals surface area contributed by atoms with E-state index < -0.39 is 24.4 Å². The number of carbonyl (C=O) groups is 3. The SMILES string of the molecule is COc1ccc(Cl)cc1NC(=O)CN(C)C(=O)COC(=O)Cc1ccc(O)cc1. The number of carbonyl (C=O) groups excluding carboxylic acids is 3. The molecule has 154 valence electrons. The lowest BCUT2D eigenvalue weighted by atomic mass is 10.1. The van der Waals surface area contributed by atoms with Crippen molar-refractivity contribution >= 4 is 35.1 Å². The summed E-state index contributed by atoms with van der Waals surface area (Å²) in [6.45, 7) is -0.731. The van der Waals surface area contributed by atoms with Gasteiger partial charge < -0.3 is 24.8 Å². The first kappa shape index (κ1) is 22.0. The monoisotopic (exact) mass is 420 g/mol. The van der Waals surface area contributed by atoms with E-state index in [1.165, 1.54) is 32.4 Å². The molecule has 0 atom stereocenters. The third kappa shape index (κ3) is 7.00. The molecule has 9 heteroatoms. The van der Waals surface area contributed by atoms with Gasteiger partial charge >= 0.3 is 5.97 Å². The van der Waals surface area contributed by atoms with E-state index >= 15 is 0 Å². The Hall–Kier alpha value is -3.26. The van der Waals surface area contributed by atoms with E-state index in [-0.39, 0.29) is 18.7 Å². The Labute approximate surface area is 173 Å². The summed E-state index contributed by atoms with van der Waals surface area (Å²) in [5, 5.41) is 12.3. The summed E-state index contributed by atoms with van der Waals surface area (Å²) in [6, 6.07) is 10.8. The zero-order valence-corrected chi connectivity index (χ0v) is 16.7. The number of nitrogens with one attached hydrogen (secondary N) is 1. The number of hydrogen-bond acceptors (Lipinski definition) is 6. The molecule has 0 heterocycles. The Morgan fingerprint density at radius 1 is 1.14 bits per heavy atom. The highest BCUT2D eigenvalue weighted by Crippen LogP contribution is 2.27. The number of anilines is 1. The highest BCUT2D eigenvalue weighted by molar-refractivity contribution is 6.31.